The summed E-state index contributed by atoms with van der Waals surface area (Å²) in [4.78, 5) is 12.0. The van der Waals surface area contributed by atoms with Crippen molar-refractivity contribution < 1.29 is 9.18 Å². The van der Waals surface area contributed by atoms with Crippen LogP contribution in [0.2, 0.25) is 0 Å². The number of amides is 1. The van der Waals surface area contributed by atoms with Gasteiger partial charge in [-0.25, -0.2) is 4.39 Å². The van der Waals surface area contributed by atoms with Crippen molar-refractivity contribution >= 4 is 11.6 Å². The third-order valence-corrected chi connectivity index (χ3v) is 3.62. The Morgan fingerprint density at radius 3 is 2.55 bits per heavy atom. The normalized spacial score (nSPS) is 11.9. The van der Waals surface area contributed by atoms with E-state index in [0.29, 0.717) is 18.5 Å². The van der Waals surface area contributed by atoms with Crippen LogP contribution in [-0.2, 0) is 17.6 Å². The lowest BCUT2D eigenvalue weighted by atomic mass is 10.00. The lowest BCUT2D eigenvalue weighted by Crippen LogP contribution is -2.32. The van der Waals surface area contributed by atoms with Crippen LogP contribution in [0, 0.1) is 11.7 Å². The Kier molecular flexibility index (Phi) is 5.53. The summed E-state index contributed by atoms with van der Waals surface area (Å²) in [7, 11) is 0. The van der Waals surface area contributed by atoms with Gasteiger partial charge in [0, 0.05) is 18.2 Å². The van der Waals surface area contributed by atoms with E-state index in [1.165, 1.54) is 6.07 Å². The van der Waals surface area contributed by atoms with Crippen molar-refractivity contribution in [3.05, 3.63) is 65.5 Å². The van der Waals surface area contributed by atoms with Gasteiger partial charge in [-0.05, 0) is 42.2 Å². The van der Waals surface area contributed by atoms with Crippen molar-refractivity contribution in [2.75, 3.05) is 12.3 Å². The van der Waals surface area contributed by atoms with E-state index in [2.05, 4.69) is 5.32 Å². The minimum absolute atomic E-state index is 0.0568. The maximum absolute atomic E-state index is 13.6. The predicted molar refractivity (Wildman–Crippen MR) is 86.8 cm³/mol. The summed E-state index contributed by atoms with van der Waals surface area (Å²) >= 11 is 0. The smallest absolute Gasteiger partial charge is 0.223 e. The Morgan fingerprint density at radius 1 is 1.18 bits per heavy atom. The second-order valence-corrected chi connectivity index (χ2v) is 5.48. The molecule has 1 unspecified atom stereocenters. The zero-order valence-electron chi connectivity index (χ0n) is 12.7. The van der Waals surface area contributed by atoms with Crippen LogP contribution in [0.1, 0.15) is 18.1 Å². The molecular weight excluding hydrogens is 279 g/mol. The lowest BCUT2D eigenvalue weighted by molar-refractivity contribution is -0.124. The van der Waals surface area contributed by atoms with E-state index in [1.807, 2.05) is 31.2 Å². The zero-order valence-corrected chi connectivity index (χ0v) is 12.7. The van der Waals surface area contributed by atoms with Crippen LogP contribution >= 0.6 is 0 Å². The molecule has 2 aromatic rings. The molecule has 0 saturated heterocycles. The largest absolute Gasteiger partial charge is 0.399 e. The van der Waals surface area contributed by atoms with Crippen molar-refractivity contribution in [3.63, 3.8) is 0 Å². The third-order valence-electron chi connectivity index (χ3n) is 3.62. The molecule has 2 aromatic carbocycles. The molecule has 0 heterocycles. The molecule has 2 rings (SSSR count). The maximum Gasteiger partial charge on any atom is 0.223 e. The van der Waals surface area contributed by atoms with Gasteiger partial charge in [-0.1, -0.05) is 37.3 Å². The fourth-order valence-electron chi connectivity index (χ4n) is 2.28. The molecule has 0 fully saturated rings. The van der Waals surface area contributed by atoms with Crippen molar-refractivity contribution in [2.24, 2.45) is 5.92 Å². The lowest BCUT2D eigenvalue weighted by Gasteiger charge is -2.13. The number of anilines is 1. The highest BCUT2D eigenvalue weighted by Gasteiger charge is 2.14. The molecule has 3 nitrogen and oxygen atoms in total. The van der Waals surface area contributed by atoms with Crippen molar-refractivity contribution in [1.29, 1.82) is 0 Å². The minimum Gasteiger partial charge on any atom is -0.399 e. The van der Waals surface area contributed by atoms with E-state index < -0.39 is 0 Å². The van der Waals surface area contributed by atoms with Gasteiger partial charge in [-0.3, -0.25) is 4.79 Å². The topological polar surface area (TPSA) is 55.1 Å². The second-order valence-electron chi connectivity index (χ2n) is 5.48. The summed E-state index contributed by atoms with van der Waals surface area (Å²) < 4.78 is 13.6. The van der Waals surface area contributed by atoms with Gasteiger partial charge in [-0.2, -0.15) is 0 Å². The summed E-state index contributed by atoms with van der Waals surface area (Å²) in [5.74, 6) is -0.578. The van der Waals surface area contributed by atoms with E-state index in [-0.39, 0.29) is 17.6 Å². The summed E-state index contributed by atoms with van der Waals surface area (Å²) in [6, 6.07) is 14.2. The SMILES string of the molecule is CC(Cc1ccccc1F)C(=O)NCCc1ccc(N)cc1. The van der Waals surface area contributed by atoms with Crippen LogP contribution in [0.4, 0.5) is 10.1 Å². The average molecular weight is 300 g/mol. The summed E-state index contributed by atoms with van der Waals surface area (Å²) in [6.07, 6.45) is 1.15. The third kappa shape index (κ3) is 4.58. The van der Waals surface area contributed by atoms with Gasteiger partial charge >= 0.3 is 0 Å². The first-order chi connectivity index (χ1) is 10.6. The number of halogens is 1. The summed E-state index contributed by atoms with van der Waals surface area (Å²) in [5.41, 5.74) is 8.05. The van der Waals surface area contributed by atoms with Crippen LogP contribution in [0.15, 0.2) is 48.5 Å². The number of carbonyl (C=O) groups excluding carboxylic acids is 1. The van der Waals surface area contributed by atoms with Crippen molar-refractivity contribution in [1.82, 2.24) is 5.32 Å². The van der Waals surface area contributed by atoms with Gasteiger partial charge in [0.15, 0.2) is 0 Å². The van der Waals surface area contributed by atoms with E-state index >= 15 is 0 Å². The van der Waals surface area contributed by atoms with Crippen LogP contribution in [0.3, 0.4) is 0 Å². The number of rotatable bonds is 6. The van der Waals surface area contributed by atoms with Crippen LogP contribution < -0.4 is 11.1 Å². The molecule has 0 aliphatic rings. The van der Waals surface area contributed by atoms with Crippen LogP contribution in [0.25, 0.3) is 0 Å². The number of nitrogens with two attached hydrogens (primary N) is 1. The second kappa shape index (κ2) is 7.59. The Bertz CT molecular complexity index is 625. The van der Waals surface area contributed by atoms with E-state index in [0.717, 1.165) is 17.7 Å². The number of hydrogen-bond donors (Lipinski definition) is 2. The predicted octanol–water partition coefficient (Wildman–Crippen LogP) is 2.95. The van der Waals surface area contributed by atoms with Gasteiger partial charge in [0.1, 0.15) is 5.82 Å². The number of nitrogen functional groups attached to an aromatic ring is 1. The first-order valence-corrected chi connectivity index (χ1v) is 7.42. The summed E-state index contributed by atoms with van der Waals surface area (Å²) in [6.45, 7) is 2.37. The molecule has 1 atom stereocenters. The van der Waals surface area contributed by atoms with Crippen molar-refractivity contribution in [2.45, 2.75) is 19.8 Å². The molecule has 4 heteroatoms. The molecule has 0 aliphatic heterocycles. The fraction of sp³-hybridized carbons (Fsp3) is 0.278. The number of nitrogens with one attached hydrogen (secondary N) is 1. The fourth-order valence-corrected chi connectivity index (χ4v) is 2.28. The highest BCUT2D eigenvalue weighted by atomic mass is 19.1. The first-order valence-electron chi connectivity index (χ1n) is 7.42. The molecule has 22 heavy (non-hydrogen) atoms. The Balaban J connectivity index is 1.79. The van der Waals surface area contributed by atoms with Gasteiger partial charge in [0.2, 0.25) is 5.91 Å². The molecule has 0 radical (unpaired) electrons. The molecule has 0 saturated carbocycles. The Labute approximate surface area is 130 Å². The van der Waals surface area contributed by atoms with Gasteiger partial charge in [0.05, 0.1) is 0 Å². The van der Waals surface area contributed by atoms with Gasteiger partial charge in [0.25, 0.3) is 0 Å². The van der Waals surface area contributed by atoms with Crippen molar-refractivity contribution in [3.8, 4) is 0 Å². The van der Waals surface area contributed by atoms with Crippen LogP contribution in [0.5, 0.6) is 0 Å². The highest BCUT2D eigenvalue weighted by molar-refractivity contribution is 5.78. The monoisotopic (exact) mass is 300 g/mol. The number of hydrogen-bond acceptors (Lipinski definition) is 2. The molecule has 0 aliphatic carbocycles. The zero-order chi connectivity index (χ0) is 15.9. The molecule has 0 spiro atoms. The molecule has 116 valence electrons. The molecule has 1 amide bonds. The molecule has 0 aromatic heterocycles. The molecule has 3 N–H and O–H groups in total. The standard InChI is InChI=1S/C18H21FN2O/c1-13(12-15-4-2-3-5-17(15)19)18(22)21-11-10-14-6-8-16(20)9-7-14/h2-9,13H,10-12,20H2,1H3,(H,21,22). The molecule has 0 bridgehead atoms. The quantitative estimate of drug-likeness (QED) is 0.806. The van der Waals surface area contributed by atoms with Gasteiger partial charge in [-0.15, -0.1) is 0 Å². The van der Waals surface area contributed by atoms with Gasteiger partial charge < -0.3 is 11.1 Å². The maximum atomic E-state index is 13.6. The average Bonchev–Trinajstić information content (AvgIpc) is 2.51. The molecular formula is C18H21FN2O. The Hall–Kier alpha value is -2.36. The highest BCUT2D eigenvalue weighted by Crippen LogP contribution is 2.12. The van der Waals surface area contributed by atoms with E-state index in [4.69, 9.17) is 5.73 Å². The number of benzene rings is 2. The first kappa shape index (κ1) is 16.0. The minimum atomic E-state index is -0.261. The Morgan fingerprint density at radius 2 is 1.86 bits per heavy atom. The van der Waals surface area contributed by atoms with E-state index in [1.54, 1.807) is 18.2 Å². The summed E-state index contributed by atoms with van der Waals surface area (Å²) in [5, 5.41) is 2.89. The van der Waals surface area contributed by atoms with E-state index in [9.17, 15) is 9.18 Å². The number of carbonyl (C=O) groups is 1. The van der Waals surface area contributed by atoms with Crippen LogP contribution in [-0.4, -0.2) is 12.5 Å².